The maximum Gasteiger partial charge on any atom is 0.138 e. The first-order valence-electron chi connectivity index (χ1n) is 9.31. The van der Waals surface area contributed by atoms with Crippen molar-refractivity contribution in [2.45, 2.75) is 33.4 Å². The lowest BCUT2D eigenvalue weighted by atomic mass is 10.2. The Kier molecular flexibility index (Phi) is 4.71. The van der Waals surface area contributed by atoms with Gasteiger partial charge in [-0.05, 0) is 25.8 Å². The number of nitrogens with zero attached hydrogens (tertiary/aromatic N) is 5. The van der Waals surface area contributed by atoms with E-state index in [2.05, 4.69) is 57.1 Å². The largest absolute Gasteiger partial charge is 0.361 e. The summed E-state index contributed by atoms with van der Waals surface area (Å²) < 4.78 is 7.19. The van der Waals surface area contributed by atoms with E-state index in [1.54, 1.807) is 0 Å². The van der Waals surface area contributed by atoms with Gasteiger partial charge in [-0.2, -0.15) is 5.10 Å². The molecule has 0 radical (unpaired) electrons. The molecule has 1 aromatic carbocycles. The van der Waals surface area contributed by atoms with E-state index in [1.165, 1.54) is 5.56 Å². The van der Waals surface area contributed by atoms with Crippen LogP contribution < -0.4 is 4.90 Å². The topological polar surface area (TPSA) is 50.3 Å². The summed E-state index contributed by atoms with van der Waals surface area (Å²) in [5.74, 6) is 1.88. The van der Waals surface area contributed by atoms with Gasteiger partial charge in [-0.25, -0.2) is 0 Å². The molecule has 2 aromatic heterocycles. The average Bonchev–Trinajstić information content (AvgIpc) is 3.26. The first kappa shape index (κ1) is 17.4. The van der Waals surface area contributed by atoms with Crippen molar-refractivity contribution in [3.8, 4) is 0 Å². The molecule has 140 valence electrons. The molecule has 0 bridgehead atoms. The molecule has 0 spiro atoms. The number of aryl methyl sites for hydroxylation is 2. The van der Waals surface area contributed by atoms with Gasteiger partial charge in [-0.3, -0.25) is 4.68 Å². The smallest absolute Gasteiger partial charge is 0.138 e. The van der Waals surface area contributed by atoms with Crippen LogP contribution in [0, 0.1) is 13.8 Å². The normalized spacial score (nSPS) is 14.8. The highest BCUT2D eigenvalue weighted by Gasteiger charge is 2.23. The highest BCUT2D eigenvalue weighted by atomic mass is 16.5. The molecule has 1 fully saturated rings. The van der Waals surface area contributed by atoms with Crippen molar-refractivity contribution in [1.82, 2.24) is 19.8 Å². The molecule has 0 N–H and O–H groups in total. The Hall–Kier alpha value is -3.02. The predicted molar refractivity (Wildman–Crippen MR) is 105 cm³/mol. The second-order valence-corrected chi connectivity index (χ2v) is 7.03. The average molecular weight is 363 g/mol. The van der Waals surface area contributed by atoms with Crippen LogP contribution in [0.4, 0.5) is 5.69 Å². The van der Waals surface area contributed by atoms with Crippen LogP contribution in [-0.4, -0.2) is 32.9 Å². The minimum absolute atomic E-state index is 0.662. The first-order chi connectivity index (χ1) is 13.1. The van der Waals surface area contributed by atoms with Crippen molar-refractivity contribution in [2.24, 2.45) is 0 Å². The van der Waals surface area contributed by atoms with E-state index in [0.29, 0.717) is 6.54 Å². The van der Waals surface area contributed by atoms with E-state index in [1.807, 2.05) is 30.8 Å². The number of benzene rings is 1. The molecular weight excluding hydrogens is 338 g/mol. The summed E-state index contributed by atoms with van der Waals surface area (Å²) in [6.07, 6.45) is 5.08. The zero-order valence-electron chi connectivity index (χ0n) is 15.9. The van der Waals surface area contributed by atoms with Crippen LogP contribution in [0.15, 0.2) is 59.6 Å². The Morgan fingerprint density at radius 3 is 2.67 bits per heavy atom. The third kappa shape index (κ3) is 3.60. The molecule has 4 rings (SSSR count). The summed E-state index contributed by atoms with van der Waals surface area (Å²) in [5.41, 5.74) is 4.38. The summed E-state index contributed by atoms with van der Waals surface area (Å²) in [4.78, 5) is 4.59. The lowest BCUT2D eigenvalue weighted by Crippen LogP contribution is -2.41. The number of hydrogen-bond acceptors (Lipinski definition) is 5. The Balaban J connectivity index is 1.48. The molecule has 0 aliphatic carbocycles. The fourth-order valence-corrected chi connectivity index (χ4v) is 3.57. The van der Waals surface area contributed by atoms with Crippen molar-refractivity contribution >= 4 is 5.69 Å². The minimum Gasteiger partial charge on any atom is -0.361 e. The van der Waals surface area contributed by atoms with Gasteiger partial charge in [0.25, 0.3) is 0 Å². The van der Waals surface area contributed by atoms with E-state index in [4.69, 9.17) is 4.52 Å². The van der Waals surface area contributed by atoms with Crippen LogP contribution in [0.5, 0.6) is 0 Å². The predicted octanol–water partition coefficient (Wildman–Crippen LogP) is 3.72. The number of aromatic nitrogens is 3. The SMILES string of the molecule is C=C1N(Cc2ccccc2)CCCN1c1cnn(Cc2c(C)noc2C)c1. The Morgan fingerprint density at radius 2 is 1.93 bits per heavy atom. The van der Waals surface area contributed by atoms with Crippen LogP contribution in [0.2, 0.25) is 0 Å². The second-order valence-electron chi connectivity index (χ2n) is 7.03. The summed E-state index contributed by atoms with van der Waals surface area (Å²) >= 11 is 0. The molecule has 1 saturated heterocycles. The van der Waals surface area contributed by atoms with Gasteiger partial charge in [0.15, 0.2) is 0 Å². The maximum absolute atomic E-state index is 5.26. The maximum atomic E-state index is 5.26. The summed E-state index contributed by atoms with van der Waals surface area (Å²) in [6.45, 7) is 11.8. The molecule has 1 aliphatic rings. The third-order valence-electron chi connectivity index (χ3n) is 5.14. The Morgan fingerprint density at radius 1 is 1.11 bits per heavy atom. The molecule has 3 aromatic rings. The highest BCUT2D eigenvalue weighted by Crippen LogP contribution is 2.26. The van der Waals surface area contributed by atoms with Crippen molar-refractivity contribution in [1.29, 1.82) is 0 Å². The molecule has 6 nitrogen and oxygen atoms in total. The number of hydrogen-bond donors (Lipinski definition) is 0. The van der Waals surface area contributed by atoms with Crippen molar-refractivity contribution in [2.75, 3.05) is 18.0 Å². The molecule has 3 heterocycles. The number of rotatable bonds is 5. The fraction of sp³-hybridized carbons (Fsp3) is 0.333. The van der Waals surface area contributed by atoms with Gasteiger partial charge in [0, 0.05) is 31.4 Å². The van der Waals surface area contributed by atoms with Crippen molar-refractivity contribution < 1.29 is 4.52 Å². The Labute approximate surface area is 159 Å². The third-order valence-corrected chi connectivity index (χ3v) is 5.14. The molecule has 0 saturated carbocycles. The lowest BCUT2D eigenvalue weighted by molar-refractivity contribution is 0.296. The van der Waals surface area contributed by atoms with E-state index in [9.17, 15) is 0 Å². The van der Waals surface area contributed by atoms with Gasteiger partial charge in [0.1, 0.15) is 11.6 Å². The van der Waals surface area contributed by atoms with E-state index in [0.717, 1.165) is 54.6 Å². The standard InChI is InChI=1S/C21H25N5O/c1-16-21(17(2)27-23-16)15-25-14-20(12-22-25)26-11-7-10-24(18(26)3)13-19-8-5-4-6-9-19/h4-6,8-9,12,14H,3,7,10-11,13,15H2,1-2H3. The molecule has 0 atom stereocenters. The van der Waals surface area contributed by atoms with Gasteiger partial charge in [0.05, 0.1) is 24.1 Å². The zero-order chi connectivity index (χ0) is 18.8. The molecule has 6 heteroatoms. The van der Waals surface area contributed by atoms with Gasteiger partial charge >= 0.3 is 0 Å². The van der Waals surface area contributed by atoms with Crippen LogP contribution in [-0.2, 0) is 13.1 Å². The molecular formula is C21H25N5O. The summed E-state index contributed by atoms with van der Waals surface area (Å²) in [6, 6.07) is 10.5. The minimum atomic E-state index is 0.662. The van der Waals surface area contributed by atoms with E-state index in [-0.39, 0.29) is 0 Å². The van der Waals surface area contributed by atoms with Crippen molar-refractivity contribution in [3.63, 3.8) is 0 Å². The molecule has 1 aliphatic heterocycles. The zero-order valence-corrected chi connectivity index (χ0v) is 15.9. The lowest BCUT2D eigenvalue weighted by Gasteiger charge is -2.39. The van der Waals surface area contributed by atoms with E-state index >= 15 is 0 Å². The van der Waals surface area contributed by atoms with Crippen LogP contribution in [0.3, 0.4) is 0 Å². The summed E-state index contributed by atoms with van der Waals surface area (Å²) in [5, 5.41) is 8.56. The monoisotopic (exact) mass is 363 g/mol. The van der Waals surface area contributed by atoms with Crippen LogP contribution in [0.25, 0.3) is 0 Å². The second kappa shape index (κ2) is 7.31. The van der Waals surface area contributed by atoms with Gasteiger partial charge in [-0.15, -0.1) is 0 Å². The van der Waals surface area contributed by atoms with Gasteiger partial charge in [-0.1, -0.05) is 42.1 Å². The molecule has 0 amide bonds. The summed E-state index contributed by atoms with van der Waals surface area (Å²) in [7, 11) is 0. The van der Waals surface area contributed by atoms with E-state index < -0.39 is 0 Å². The molecule has 0 unspecified atom stereocenters. The van der Waals surface area contributed by atoms with Crippen LogP contribution in [0.1, 0.15) is 29.0 Å². The quantitative estimate of drug-likeness (QED) is 0.691. The van der Waals surface area contributed by atoms with Crippen LogP contribution >= 0.6 is 0 Å². The van der Waals surface area contributed by atoms with Gasteiger partial charge < -0.3 is 14.3 Å². The number of anilines is 1. The molecule has 27 heavy (non-hydrogen) atoms. The highest BCUT2D eigenvalue weighted by molar-refractivity contribution is 5.49. The first-order valence-corrected chi connectivity index (χ1v) is 9.31. The van der Waals surface area contributed by atoms with Gasteiger partial charge in [0.2, 0.25) is 0 Å². The van der Waals surface area contributed by atoms with Crippen molar-refractivity contribution in [3.05, 3.63) is 77.7 Å². The fourth-order valence-electron chi connectivity index (χ4n) is 3.57. The Bertz CT molecular complexity index is 908.